The van der Waals surface area contributed by atoms with Gasteiger partial charge in [0.05, 0.1) is 24.5 Å². The van der Waals surface area contributed by atoms with E-state index in [4.69, 9.17) is 9.47 Å². The zero-order valence-electron chi connectivity index (χ0n) is 20.4. The van der Waals surface area contributed by atoms with E-state index in [1.807, 2.05) is 32.0 Å². The van der Waals surface area contributed by atoms with Gasteiger partial charge in [-0.3, -0.25) is 14.4 Å². The molecule has 8 nitrogen and oxygen atoms in total. The van der Waals surface area contributed by atoms with Crippen LogP contribution in [0, 0.1) is 25.7 Å². The molecule has 3 heterocycles. The molecule has 2 amide bonds. The number of aryl methyl sites for hydroxylation is 2. The topological polar surface area (TPSA) is 96.4 Å². The van der Waals surface area contributed by atoms with Gasteiger partial charge in [-0.2, -0.15) is 0 Å². The van der Waals surface area contributed by atoms with Crippen molar-refractivity contribution < 1.29 is 29.0 Å². The summed E-state index contributed by atoms with van der Waals surface area (Å²) >= 11 is 3.65. The molecule has 1 spiro atoms. The molecular formula is C26H33BrN2O6. The Balaban J connectivity index is 1.81. The average molecular weight is 549 g/mol. The summed E-state index contributed by atoms with van der Waals surface area (Å²) < 4.78 is 11.8. The van der Waals surface area contributed by atoms with Gasteiger partial charge in [0.1, 0.15) is 11.6 Å². The maximum absolute atomic E-state index is 14.4. The second kappa shape index (κ2) is 10.0. The lowest BCUT2D eigenvalue weighted by Gasteiger charge is -2.37. The minimum Gasteiger partial charge on any atom is -0.466 e. The number of aliphatic hydroxyl groups is 1. The van der Waals surface area contributed by atoms with Gasteiger partial charge in [-0.05, 0) is 50.8 Å². The van der Waals surface area contributed by atoms with Crippen molar-refractivity contribution in [3.05, 3.63) is 42.0 Å². The first-order valence-electron chi connectivity index (χ1n) is 12.1. The van der Waals surface area contributed by atoms with E-state index in [1.54, 1.807) is 17.9 Å². The zero-order chi connectivity index (χ0) is 25.5. The SMILES string of the molecule is C=CCN(C(=O)C1N(CCCO)C(=O)[C@@H]2[C@@H](C(=O)OCC)[C@@H]3OC12CC3Br)c1cc(C)ccc1C. The van der Waals surface area contributed by atoms with Crippen LogP contribution in [0.5, 0.6) is 0 Å². The van der Waals surface area contributed by atoms with E-state index >= 15 is 0 Å². The van der Waals surface area contributed by atoms with Crippen molar-refractivity contribution >= 4 is 39.4 Å². The fraction of sp³-hybridized carbons (Fsp3) is 0.577. The van der Waals surface area contributed by atoms with E-state index in [-0.39, 0.29) is 42.9 Å². The van der Waals surface area contributed by atoms with Gasteiger partial charge in [0.25, 0.3) is 5.91 Å². The van der Waals surface area contributed by atoms with Crippen LogP contribution in [0.4, 0.5) is 5.69 Å². The predicted molar refractivity (Wildman–Crippen MR) is 134 cm³/mol. The van der Waals surface area contributed by atoms with Gasteiger partial charge in [-0.15, -0.1) is 6.58 Å². The highest BCUT2D eigenvalue weighted by Crippen LogP contribution is 2.60. The van der Waals surface area contributed by atoms with E-state index in [9.17, 15) is 19.5 Å². The number of anilines is 1. The molecule has 3 saturated heterocycles. The third kappa shape index (κ3) is 4.11. The lowest BCUT2D eigenvalue weighted by Crippen LogP contribution is -2.57. The molecule has 3 aliphatic heterocycles. The van der Waals surface area contributed by atoms with Crippen LogP contribution in [0.2, 0.25) is 0 Å². The number of fused-ring (bicyclic) bond motifs is 1. The van der Waals surface area contributed by atoms with Crippen LogP contribution in [0.1, 0.15) is 30.9 Å². The number of carbonyl (C=O) groups is 3. The van der Waals surface area contributed by atoms with Crippen LogP contribution in [-0.2, 0) is 23.9 Å². The van der Waals surface area contributed by atoms with Crippen molar-refractivity contribution in [2.24, 2.45) is 11.8 Å². The number of carbonyl (C=O) groups excluding carboxylic acids is 3. The van der Waals surface area contributed by atoms with Gasteiger partial charge in [0.2, 0.25) is 5.91 Å². The van der Waals surface area contributed by atoms with Crippen molar-refractivity contribution in [1.82, 2.24) is 4.90 Å². The Morgan fingerprint density at radius 3 is 2.80 bits per heavy atom. The summed E-state index contributed by atoms with van der Waals surface area (Å²) in [6.45, 7) is 9.98. The second-order valence-electron chi connectivity index (χ2n) is 9.55. The quantitative estimate of drug-likeness (QED) is 0.289. The number of hydrogen-bond acceptors (Lipinski definition) is 6. The summed E-state index contributed by atoms with van der Waals surface area (Å²) in [5.74, 6) is -2.65. The molecular weight excluding hydrogens is 516 g/mol. The van der Waals surface area contributed by atoms with Gasteiger partial charge in [-0.1, -0.05) is 34.1 Å². The third-order valence-electron chi connectivity index (χ3n) is 7.37. The Hall–Kier alpha value is -2.23. The van der Waals surface area contributed by atoms with E-state index in [1.165, 1.54) is 4.90 Å². The van der Waals surface area contributed by atoms with Gasteiger partial charge < -0.3 is 24.4 Å². The van der Waals surface area contributed by atoms with Crippen LogP contribution in [0.15, 0.2) is 30.9 Å². The molecule has 1 aromatic carbocycles. The second-order valence-corrected chi connectivity index (χ2v) is 10.7. The molecule has 4 rings (SSSR count). The predicted octanol–water partition coefficient (Wildman–Crippen LogP) is 2.52. The highest BCUT2D eigenvalue weighted by atomic mass is 79.9. The smallest absolute Gasteiger partial charge is 0.312 e. The van der Waals surface area contributed by atoms with Crippen molar-refractivity contribution in [1.29, 1.82) is 0 Å². The normalized spacial score (nSPS) is 30.9. The first-order valence-corrected chi connectivity index (χ1v) is 13.0. The average Bonchev–Trinajstić information content (AvgIpc) is 3.41. The zero-order valence-corrected chi connectivity index (χ0v) is 22.0. The maximum Gasteiger partial charge on any atom is 0.312 e. The number of likely N-dealkylation sites (tertiary alicyclic amines) is 1. The van der Waals surface area contributed by atoms with E-state index in [0.29, 0.717) is 12.8 Å². The third-order valence-corrected chi connectivity index (χ3v) is 8.22. The molecule has 2 bridgehead atoms. The molecule has 190 valence electrons. The number of aliphatic hydroxyl groups excluding tert-OH is 1. The molecule has 1 N–H and O–H groups in total. The number of benzene rings is 1. The Morgan fingerprint density at radius 1 is 1.40 bits per heavy atom. The van der Waals surface area contributed by atoms with Crippen LogP contribution < -0.4 is 4.90 Å². The fourth-order valence-corrected chi connectivity index (χ4v) is 6.93. The highest BCUT2D eigenvalue weighted by Gasteiger charge is 2.77. The van der Waals surface area contributed by atoms with Crippen molar-refractivity contribution in [3.8, 4) is 0 Å². The molecule has 6 atom stereocenters. The van der Waals surface area contributed by atoms with E-state index in [0.717, 1.165) is 16.8 Å². The van der Waals surface area contributed by atoms with Gasteiger partial charge in [0, 0.05) is 30.2 Å². The van der Waals surface area contributed by atoms with Crippen LogP contribution in [-0.4, -0.2) is 76.7 Å². The Morgan fingerprint density at radius 2 is 2.14 bits per heavy atom. The number of halogens is 1. The van der Waals surface area contributed by atoms with Crippen molar-refractivity contribution in [2.45, 2.75) is 56.2 Å². The number of esters is 1. The standard InChI is InChI=1S/C26H33BrN2O6/c1-5-10-28(18-13-15(3)8-9-16(18)4)24(32)22-26-14-17(27)21(35-26)19(25(33)34-6-2)20(26)23(31)29(22)11-7-12-30/h5,8-9,13,17,19-22,30H,1,6-7,10-12,14H2,2-4H3/t17?,19-,20+,21-,22?,26?/m1/s1. The number of hydrogen-bond donors (Lipinski definition) is 1. The lowest BCUT2D eigenvalue weighted by molar-refractivity contribution is -0.154. The summed E-state index contributed by atoms with van der Waals surface area (Å²) in [7, 11) is 0. The van der Waals surface area contributed by atoms with Crippen LogP contribution in [0.25, 0.3) is 0 Å². The molecule has 0 aliphatic carbocycles. The highest BCUT2D eigenvalue weighted by molar-refractivity contribution is 9.09. The molecule has 1 aromatic rings. The Labute approximate surface area is 214 Å². The van der Waals surface area contributed by atoms with E-state index in [2.05, 4.69) is 22.5 Å². The molecule has 9 heteroatoms. The Bertz CT molecular complexity index is 1030. The molecule has 0 radical (unpaired) electrons. The van der Waals surface area contributed by atoms with Crippen LogP contribution in [0.3, 0.4) is 0 Å². The van der Waals surface area contributed by atoms with Crippen molar-refractivity contribution in [2.75, 3.05) is 31.2 Å². The first-order chi connectivity index (χ1) is 16.7. The minimum atomic E-state index is -1.16. The van der Waals surface area contributed by atoms with Gasteiger partial charge >= 0.3 is 5.97 Å². The number of ether oxygens (including phenoxy) is 2. The molecule has 3 unspecified atom stereocenters. The molecule has 0 aromatic heterocycles. The molecule has 0 saturated carbocycles. The maximum atomic E-state index is 14.4. The summed E-state index contributed by atoms with van der Waals surface area (Å²) in [4.78, 5) is 44.1. The molecule has 3 aliphatic rings. The van der Waals surface area contributed by atoms with Crippen LogP contribution >= 0.6 is 15.9 Å². The fourth-order valence-electron chi connectivity index (χ4n) is 5.99. The van der Waals surface area contributed by atoms with Gasteiger partial charge in [0.15, 0.2) is 0 Å². The summed E-state index contributed by atoms with van der Waals surface area (Å²) in [6, 6.07) is 4.96. The monoisotopic (exact) mass is 548 g/mol. The summed E-state index contributed by atoms with van der Waals surface area (Å²) in [5.41, 5.74) is 1.51. The molecule has 35 heavy (non-hydrogen) atoms. The summed E-state index contributed by atoms with van der Waals surface area (Å²) in [6.07, 6.45) is 1.84. The van der Waals surface area contributed by atoms with Gasteiger partial charge in [-0.25, -0.2) is 0 Å². The van der Waals surface area contributed by atoms with Crippen molar-refractivity contribution in [3.63, 3.8) is 0 Å². The minimum absolute atomic E-state index is 0.123. The largest absolute Gasteiger partial charge is 0.466 e. The van der Waals surface area contributed by atoms with E-state index < -0.39 is 35.6 Å². The number of rotatable bonds is 9. The Kier molecular flexibility index (Phi) is 7.41. The number of amides is 2. The number of nitrogens with zero attached hydrogens (tertiary/aromatic N) is 2. The number of alkyl halides is 1. The first kappa shape index (κ1) is 25.9. The molecule has 3 fully saturated rings. The lowest BCUT2D eigenvalue weighted by atomic mass is 9.70. The summed E-state index contributed by atoms with van der Waals surface area (Å²) in [5, 5.41) is 9.50.